The minimum Gasteiger partial charge on any atom is -0.461 e. The summed E-state index contributed by atoms with van der Waals surface area (Å²) in [5.41, 5.74) is -0.493. The van der Waals surface area contributed by atoms with Crippen molar-refractivity contribution >= 4 is 11.9 Å². The van der Waals surface area contributed by atoms with Crippen molar-refractivity contribution in [1.29, 1.82) is 0 Å². The normalized spacial score (nSPS) is 19.0. The fraction of sp³-hybridized carbons (Fsp3) is 0.625. The number of carbonyl (C=O) groups is 2. The number of piperidine rings is 1. The van der Waals surface area contributed by atoms with Crippen LogP contribution < -0.4 is 5.32 Å². The molecule has 2 heterocycles. The number of amides is 1. The number of likely N-dealkylation sites (tertiary alicyclic amines) is 1. The minimum absolute atomic E-state index is 0.0839. The molecule has 0 spiro atoms. The number of hydrogen-bond donors (Lipinski definition) is 1. The molecule has 0 aliphatic carbocycles. The molecule has 1 saturated heterocycles. The zero-order valence-electron chi connectivity index (χ0n) is 13.4. The van der Waals surface area contributed by atoms with Crippen LogP contribution in [0.15, 0.2) is 22.8 Å². The Morgan fingerprint density at radius 1 is 1.45 bits per heavy atom. The standard InChI is InChI=1S/C16H24N2O4/c1-16(2,3)22-15(20)18-8-4-6-12(11-18)17-10-13(19)14-7-5-9-21-14/h5,7,9,12,17H,4,6,8,10-11H2,1-3H3. The lowest BCUT2D eigenvalue weighted by Crippen LogP contribution is -2.50. The molecule has 1 N–H and O–H groups in total. The molecule has 0 saturated carbocycles. The molecule has 1 unspecified atom stereocenters. The van der Waals surface area contributed by atoms with Crippen LogP contribution in [-0.4, -0.2) is 48.1 Å². The molecule has 22 heavy (non-hydrogen) atoms. The summed E-state index contributed by atoms with van der Waals surface area (Å²) in [7, 11) is 0. The van der Waals surface area contributed by atoms with Gasteiger partial charge in [0, 0.05) is 19.1 Å². The van der Waals surface area contributed by atoms with E-state index in [1.54, 1.807) is 17.0 Å². The largest absolute Gasteiger partial charge is 0.461 e. The average Bonchev–Trinajstić information content (AvgIpc) is 2.97. The van der Waals surface area contributed by atoms with Crippen LogP contribution in [0.2, 0.25) is 0 Å². The summed E-state index contributed by atoms with van der Waals surface area (Å²) in [4.78, 5) is 25.7. The van der Waals surface area contributed by atoms with Crippen LogP contribution in [0.25, 0.3) is 0 Å². The van der Waals surface area contributed by atoms with Crippen LogP contribution in [-0.2, 0) is 4.74 Å². The number of rotatable bonds is 4. The molecule has 1 amide bonds. The van der Waals surface area contributed by atoms with E-state index in [1.165, 1.54) is 6.26 Å². The Morgan fingerprint density at radius 2 is 2.23 bits per heavy atom. The predicted molar refractivity (Wildman–Crippen MR) is 81.9 cm³/mol. The number of nitrogens with zero attached hydrogens (tertiary/aromatic N) is 1. The third kappa shape index (κ3) is 4.87. The smallest absolute Gasteiger partial charge is 0.410 e. The lowest BCUT2D eigenvalue weighted by Gasteiger charge is -2.34. The number of ether oxygens (including phenoxy) is 1. The van der Waals surface area contributed by atoms with Gasteiger partial charge in [0.1, 0.15) is 5.60 Å². The Kier molecular flexibility index (Phi) is 5.24. The van der Waals surface area contributed by atoms with E-state index < -0.39 is 5.60 Å². The first kappa shape index (κ1) is 16.5. The van der Waals surface area contributed by atoms with Gasteiger partial charge in [-0.1, -0.05) is 0 Å². The number of furan rings is 1. The number of ketones is 1. The predicted octanol–water partition coefficient (Wildman–Crippen LogP) is 2.45. The van der Waals surface area contributed by atoms with Crippen LogP contribution >= 0.6 is 0 Å². The van der Waals surface area contributed by atoms with Crippen molar-refractivity contribution in [2.75, 3.05) is 19.6 Å². The molecule has 1 aromatic heterocycles. The second kappa shape index (κ2) is 6.96. The molecule has 0 radical (unpaired) electrons. The lowest BCUT2D eigenvalue weighted by molar-refractivity contribution is 0.0188. The van der Waals surface area contributed by atoms with Crippen molar-refractivity contribution in [3.05, 3.63) is 24.2 Å². The van der Waals surface area contributed by atoms with Crippen molar-refractivity contribution in [1.82, 2.24) is 10.2 Å². The highest BCUT2D eigenvalue weighted by atomic mass is 16.6. The summed E-state index contributed by atoms with van der Waals surface area (Å²) in [5, 5.41) is 3.20. The van der Waals surface area contributed by atoms with Gasteiger partial charge in [0.15, 0.2) is 5.76 Å². The molecule has 0 aromatic carbocycles. The Hall–Kier alpha value is -1.82. The number of hydrogen-bond acceptors (Lipinski definition) is 5. The third-order valence-electron chi connectivity index (χ3n) is 3.42. The van der Waals surface area contributed by atoms with E-state index in [0.717, 1.165) is 12.8 Å². The van der Waals surface area contributed by atoms with Crippen LogP contribution in [0.1, 0.15) is 44.2 Å². The molecule has 1 fully saturated rings. The van der Waals surface area contributed by atoms with Gasteiger partial charge < -0.3 is 19.4 Å². The zero-order chi connectivity index (χ0) is 16.2. The van der Waals surface area contributed by atoms with Crippen molar-refractivity contribution in [3.8, 4) is 0 Å². The third-order valence-corrected chi connectivity index (χ3v) is 3.42. The molecule has 1 aromatic rings. The first-order valence-electron chi connectivity index (χ1n) is 7.63. The van der Waals surface area contributed by atoms with Crippen molar-refractivity contribution < 1.29 is 18.7 Å². The van der Waals surface area contributed by atoms with Crippen molar-refractivity contribution in [2.45, 2.75) is 45.3 Å². The summed E-state index contributed by atoms with van der Waals surface area (Å²) in [5.74, 6) is 0.270. The Balaban J connectivity index is 1.80. The summed E-state index contributed by atoms with van der Waals surface area (Å²) >= 11 is 0. The topological polar surface area (TPSA) is 71.8 Å². The molecule has 1 atom stereocenters. The fourth-order valence-corrected chi connectivity index (χ4v) is 2.40. The van der Waals surface area contributed by atoms with Gasteiger partial charge in [-0.05, 0) is 45.7 Å². The van der Waals surface area contributed by atoms with Gasteiger partial charge in [0.05, 0.1) is 12.8 Å². The monoisotopic (exact) mass is 308 g/mol. The molecule has 1 aliphatic rings. The molecule has 1 aliphatic heterocycles. The molecule has 0 bridgehead atoms. The lowest BCUT2D eigenvalue weighted by atomic mass is 10.1. The van der Waals surface area contributed by atoms with Gasteiger partial charge in [0.25, 0.3) is 0 Å². The molecule has 6 nitrogen and oxygen atoms in total. The quantitative estimate of drug-likeness (QED) is 0.865. The molecule has 2 rings (SSSR count). The van der Waals surface area contributed by atoms with E-state index in [2.05, 4.69) is 5.32 Å². The second-order valence-corrected chi connectivity index (χ2v) is 6.55. The second-order valence-electron chi connectivity index (χ2n) is 6.55. The first-order chi connectivity index (χ1) is 10.3. The SMILES string of the molecule is CC(C)(C)OC(=O)N1CCCC(NCC(=O)c2ccco2)C1. The minimum atomic E-state index is -0.493. The van der Waals surface area contributed by atoms with E-state index in [0.29, 0.717) is 18.8 Å². The maximum atomic E-state index is 12.1. The van der Waals surface area contributed by atoms with E-state index in [4.69, 9.17) is 9.15 Å². The Labute approximate surface area is 130 Å². The van der Waals surface area contributed by atoms with Crippen LogP contribution in [0, 0.1) is 0 Å². The fourth-order valence-electron chi connectivity index (χ4n) is 2.40. The first-order valence-corrected chi connectivity index (χ1v) is 7.63. The van der Waals surface area contributed by atoms with Gasteiger partial charge >= 0.3 is 6.09 Å². The Bertz CT molecular complexity index is 505. The average molecular weight is 308 g/mol. The highest BCUT2D eigenvalue weighted by Gasteiger charge is 2.27. The number of nitrogens with one attached hydrogen (secondary N) is 1. The summed E-state index contributed by atoms with van der Waals surface area (Å²) < 4.78 is 10.5. The van der Waals surface area contributed by atoms with Gasteiger partial charge in [-0.2, -0.15) is 0 Å². The van der Waals surface area contributed by atoms with Crippen LogP contribution in [0.4, 0.5) is 4.79 Å². The highest BCUT2D eigenvalue weighted by Crippen LogP contribution is 2.15. The molecular formula is C16H24N2O4. The van der Waals surface area contributed by atoms with E-state index in [-0.39, 0.29) is 24.5 Å². The molecular weight excluding hydrogens is 284 g/mol. The van der Waals surface area contributed by atoms with Crippen LogP contribution in [0.3, 0.4) is 0 Å². The maximum absolute atomic E-state index is 12.1. The molecule has 6 heteroatoms. The van der Waals surface area contributed by atoms with E-state index >= 15 is 0 Å². The number of carbonyl (C=O) groups excluding carboxylic acids is 2. The van der Waals surface area contributed by atoms with E-state index in [1.807, 2.05) is 20.8 Å². The van der Waals surface area contributed by atoms with Gasteiger partial charge in [-0.3, -0.25) is 4.79 Å². The summed E-state index contributed by atoms with van der Waals surface area (Å²) in [6.07, 6.45) is 3.02. The van der Waals surface area contributed by atoms with Gasteiger partial charge in [0.2, 0.25) is 5.78 Å². The van der Waals surface area contributed by atoms with E-state index in [9.17, 15) is 9.59 Å². The van der Waals surface area contributed by atoms with Gasteiger partial charge in [-0.25, -0.2) is 4.79 Å². The molecule has 122 valence electrons. The van der Waals surface area contributed by atoms with Crippen molar-refractivity contribution in [2.24, 2.45) is 0 Å². The highest BCUT2D eigenvalue weighted by molar-refractivity contribution is 5.95. The van der Waals surface area contributed by atoms with Crippen molar-refractivity contribution in [3.63, 3.8) is 0 Å². The summed E-state index contributed by atoms with van der Waals surface area (Å²) in [6, 6.07) is 3.44. The Morgan fingerprint density at radius 3 is 2.86 bits per heavy atom. The number of Topliss-reactive ketones (excluding diaryl/α,β-unsaturated/α-hetero) is 1. The zero-order valence-corrected chi connectivity index (χ0v) is 13.4. The summed E-state index contributed by atoms with van der Waals surface area (Å²) in [6.45, 7) is 7.02. The van der Waals surface area contributed by atoms with Gasteiger partial charge in [-0.15, -0.1) is 0 Å². The van der Waals surface area contributed by atoms with Crippen LogP contribution in [0.5, 0.6) is 0 Å². The maximum Gasteiger partial charge on any atom is 0.410 e.